The van der Waals surface area contributed by atoms with Gasteiger partial charge in [-0.15, -0.1) is 0 Å². The zero-order valence-electron chi connectivity index (χ0n) is 11.0. The summed E-state index contributed by atoms with van der Waals surface area (Å²) >= 11 is 6.42. The Hall–Kier alpha value is -0.540. The first-order valence-electron chi connectivity index (χ1n) is 6.53. The van der Waals surface area contributed by atoms with E-state index < -0.39 is 0 Å². The molecule has 1 aromatic rings. The molecule has 2 N–H and O–H groups in total. The standard InChI is InChI=1S/C13H22ClN3/c1-4-10-12(14)11(17(5-2)16-10)8-13(6-7-13)9(3)15/h9H,4-8,15H2,1-3H3. The molecule has 1 saturated carbocycles. The van der Waals surface area contributed by atoms with Gasteiger partial charge in [0.05, 0.1) is 16.4 Å². The highest BCUT2D eigenvalue weighted by Crippen LogP contribution is 2.51. The number of nitrogens with zero attached hydrogens (tertiary/aromatic N) is 2. The Kier molecular flexibility index (Phi) is 3.50. The minimum atomic E-state index is 0.240. The van der Waals surface area contributed by atoms with Gasteiger partial charge in [-0.3, -0.25) is 4.68 Å². The Bertz CT molecular complexity index is 405. The van der Waals surface area contributed by atoms with E-state index in [1.54, 1.807) is 0 Å². The number of aromatic nitrogens is 2. The Balaban J connectivity index is 2.29. The topological polar surface area (TPSA) is 43.8 Å². The lowest BCUT2D eigenvalue weighted by Crippen LogP contribution is -2.30. The molecule has 0 spiro atoms. The van der Waals surface area contributed by atoms with Crippen molar-refractivity contribution in [2.75, 3.05) is 0 Å². The van der Waals surface area contributed by atoms with Crippen LogP contribution in [0.1, 0.15) is 45.0 Å². The smallest absolute Gasteiger partial charge is 0.0850 e. The molecule has 0 aliphatic heterocycles. The van der Waals surface area contributed by atoms with Gasteiger partial charge in [0.15, 0.2) is 0 Å². The monoisotopic (exact) mass is 255 g/mol. The number of aryl methyl sites for hydroxylation is 2. The van der Waals surface area contributed by atoms with E-state index in [0.29, 0.717) is 0 Å². The second-order valence-electron chi connectivity index (χ2n) is 5.20. The van der Waals surface area contributed by atoms with Crippen LogP contribution in [0.15, 0.2) is 0 Å². The highest BCUT2D eigenvalue weighted by molar-refractivity contribution is 6.31. The molecule has 2 rings (SSSR count). The molecule has 1 aliphatic carbocycles. The lowest BCUT2D eigenvalue weighted by atomic mass is 9.92. The highest BCUT2D eigenvalue weighted by Gasteiger charge is 2.46. The van der Waals surface area contributed by atoms with Crippen molar-refractivity contribution in [2.24, 2.45) is 11.1 Å². The molecule has 1 heterocycles. The average molecular weight is 256 g/mol. The molecule has 1 aliphatic rings. The predicted molar refractivity (Wildman–Crippen MR) is 71.3 cm³/mol. The van der Waals surface area contributed by atoms with E-state index in [2.05, 4.69) is 25.9 Å². The first kappa shape index (κ1) is 12.9. The zero-order valence-corrected chi connectivity index (χ0v) is 11.7. The summed E-state index contributed by atoms with van der Waals surface area (Å²) < 4.78 is 2.05. The molecule has 1 atom stereocenters. The molecule has 1 unspecified atom stereocenters. The van der Waals surface area contributed by atoms with E-state index in [1.165, 1.54) is 18.5 Å². The van der Waals surface area contributed by atoms with Crippen LogP contribution in [0, 0.1) is 5.41 Å². The van der Waals surface area contributed by atoms with Gasteiger partial charge in [-0.2, -0.15) is 5.10 Å². The maximum atomic E-state index is 6.42. The van der Waals surface area contributed by atoms with Crippen LogP contribution >= 0.6 is 11.6 Å². The minimum Gasteiger partial charge on any atom is -0.327 e. The average Bonchev–Trinajstić information content (AvgIpc) is 3.02. The predicted octanol–water partition coefficient (Wildman–Crippen LogP) is 2.79. The molecule has 0 amide bonds. The molecular weight excluding hydrogens is 234 g/mol. The first-order chi connectivity index (χ1) is 8.04. The molecule has 0 bridgehead atoms. The number of hydrogen-bond acceptors (Lipinski definition) is 2. The van der Waals surface area contributed by atoms with Gasteiger partial charge in [0.25, 0.3) is 0 Å². The summed E-state index contributed by atoms with van der Waals surface area (Å²) in [5.41, 5.74) is 8.57. The van der Waals surface area contributed by atoms with Crippen molar-refractivity contribution < 1.29 is 0 Å². The van der Waals surface area contributed by atoms with E-state index >= 15 is 0 Å². The van der Waals surface area contributed by atoms with Crippen LogP contribution < -0.4 is 5.73 Å². The molecule has 1 fully saturated rings. The van der Waals surface area contributed by atoms with Crippen LogP contribution in [-0.2, 0) is 19.4 Å². The molecule has 0 aromatic carbocycles. The van der Waals surface area contributed by atoms with Gasteiger partial charge < -0.3 is 5.73 Å². The fourth-order valence-corrected chi connectivity index (χ4v) is 2.81. The Morgan fingerprint density at radius 3 is 2.53 bits per heavy atom. The van der Waals surface area contributed by atoms with E-state index in [1.807, 2.05) is 4.68 Å². The van der Waals surface area contributed by atoms with Gasteiger partial charge in [-0.1, -0.05) is 18.5 Å². The van der Waals surface area contributed by atoms with Crippen LogP contribution in [0.4, 0.5) is 0 Å². The van der Waals surface area contributed by atoms with Crippen LogP contribution in [0.2, 0.25) is 5.02 Å². The van der Waals surface area contributed by atoms with E-state index in [0.717, 1.165) is 30.1 Å². The fourth-order valence-electron chi connectivity index (χ4n) is 2.47. The van der Waals surface area contributed by atoms with E-state index in [-0.39, 0.29) is 11.5 Å². The van der Waals surface area contributed by atoms with Crippen molar-refractivity contribution in [1.29, 1.82) is 0 Å². The quantitative estimate of drug-likeness (QED) is 0.879. The Morgan fingerprint density at radius 1 is 1.47 bits per heavy atom. The normalized spacial score (nSPS) is 19.4. The summed E-state index contributed by atoms with van der Waals surface area (Å²) in [7, 11) is 0. The third-order valence-corrected chi connectivity index (χ3v) is 4.51. The SMILES string of the molecule is CCc1nn(CC)c(CC2(C(C)N)CC2)c1Cl. The first-order valence-corrected chi connectivity index (χ1v) is 6.91. The number of hydrogen-bond donors (Lipinski definition) is 1. The summed E-state index contributed by atoms with van der Waals surface area (Å²) in [4.78, 5) is 0. The van der Waals surface area contributed by atoms with Gasteiger partial charge in [0.2, 0.25) is 0 Å². The summed E-state index contributed by atoms with van der Waals surface area (Å²) in [5.74, 6) is 0. The van der Waals surface area contributed by atoms with Crippen molar-refractivity contribution in [3.05, 3.63) is 16.4 Å². The van der Waals surface area contributed by atoms with E-state index in [9.17, 15) is 0 Å². The maximum absolute atomic E-state index is 6.42. The number of nitrogens with two attached hydrogens (primary N) is 1. The zero-order chi connectivity index (χ0) is 12.6. The maximum Gasteiger partial charge on any atom is 0.0850 e. The van der Waals surface area contributed by atoms with Gasteiger partial charge in [-0.25, -0.2) is 0 Å². The summed E-state index contributed by atoms with van der Waals surface area (Å²) in [6.07, 6.45) is 4.31. The highest BCUT2D eigenvalue weighted by atomic mass is 35.5. The van der Waals surface area contributed by atoms with Crippen molar-refractivity contribution in [1.82, 2.24) is 9.78 Å². The van der Waals surface area contributed by atoms with Gasteiger partial charge in [0, 0.05) is 12.6 Å². The van der Waals surface area contributed by atoms with Crippen LogP contribution in [0.25, 0.3) is 0 Å². The van der Waals surface area contributed by atoms with Gasteiger partial charge in [-0.05, 0) is 44.9 Å². The van der Waals surface area contributed by atoms with Crippen LogP contribution in [0.3, 0.4) is 0 Å². The second-order valence-corrected chi connectivity index (χ2v) is 5.58. The molecule has 3 nitrogen and oxygen atoms in total. The summed E-state index contributed by atoms with van der Waals surface area (Å²) in [6, 6.07) is 0.240. The molecule has 1 aromatic heterocycles. The van der Waals surface area contributed by atoms with Gasteiger partial charge >= 0.3 is 0 Å². The third-order valence-electron chi connectivity index (χ3n) is 4.07. The lowest BCUT2D eigenvalue weighted by Gasteiger charge is -2.20. The van der Waals surface area contributed by atoms with Crippen molar-refractivity contribution in [3.8, 4) is 0 Å². The largest absolute Gasteiger partial charge is 0.327 e. The number of rotatable bonds is 5. The van der Waals surface area contributed by atoms with E-state index in [4.69, 9.17) is 17.3 Å². The third kappa shape index (κ3) is 2.23. The molecule has 0 saturated heterocycles. The van der Waals surface area contributed by atoms with Crippen LogP contribution in [-0.4, -0.2) is 15.8 Å². The minimum absolute atomic E-state index is 0.240. The Labute approximate surface area is 108 Å². The molecular formula is C13H22ClN3. The summed E-state index contributed by atoms with van der Waals surface area (Å²) in [6.45, 7) is 7.19. The number of halogens is 1. The summed E-state index contributed by atoms with van der Waals surface area (Å²) in [5, 5.41) is 5.42. The van der Waals surface area contributed by atoms with Crippen LogP contribution in [0.5, 0.6) is 0 Å². The molecule has 0 radical (unpaired) electrons. The Morgan fingerprint density at radius 2 is 2.12 bits per heavy atom. The molecule has 96 valence electrons. The van der Waals surface area contributed by atoms with Crippen molar-refractivity contribution in [2.45, 2.75) is 59.0 Å². The van der Waals surface area contributed by atoms with Crippen molar-refractivity contribution >= 4 is 11.6 Å². The second kappa shape index (κ2) is 4.62. The fraction of sp³-hybridized carbons (Fsp3) is 0.769. The molecule has 4 heteroatoms. The van der Waals surface area contributed by atoms with Crippen molar-refractivity contribution in [3.63, 3.8) is 0 Å². The van der Waals surface area contributed by atoms with Gasteiger partial charge in [0.1, 0.15) is 0 Å². The lowest BCUT2D eigenvalue weighted by molar-refractivity contribution is 0.403. The molecule has 17 heavy (non-hydrogen) atoms.